The summed E-state index contributed by atoms with van der Waals surface area (Å²) in [6.07, 6.45) is 1.36. The van der Waals surface area contributed by atoms with Crippen molar-refractivity contribution in [2.45, 2.75) is 13.8 Å². The number of methoxy groups -OCH3 is 1. The van der Waals surface area contributed by atoms with Gasteiger partial charge in [-0.15, -0.1) is 0 Å². The summed E-state index contributed by atoms with van der Waals surface area (Å²) in [5.41, 5.74) is 9.45. The Kier molecular flexibility index (Phi) is 3.77. The van der Waals surface area contributed by atoms with Gasteiger partial charge in [-0.25, -0.2) is 0 Å². The number of aryl methyl sites for hydroxylation is 1. The molecule has 2 aromatic heterocycles. The van der Waals surface area contributed by atoms with Crippen molar-refractivity contribution < 1.29 is 9.66 Å². The molecule has 0 aliphatic rings. The Hall–Kier alpha value is -3.60. The molecule has 8 heteroatoms. The third-order valence-corrected chi connectivity index (χ3v) is 4.20. The van der Waals surface area contributed by atoms with E-state index in [0.29, 0.717) is 16.7 Å². The fourth-order valence-electron chi connectivity index (χ4n) is 3.04. The van der Waals surface area contributed by atoms with Gasteiger partial charge >= 0.3 is 5.82 Å². The number of anilines is 1. The maximum atomic E-state index is 11.0. The van der Waals surface area contributed by atoms with E-state index in [4.69, 9.17) is 10.5 Å². The summed E-state index contributed by atoms with van der Waals surface area (Å²) in [6, 6.07) is 7.04. The topological polar surface area (TPSA) is 120 Å². The zero-order chi connectivity index (χ0) is 18.3. The fraction of sp³-hybridized carbons (Fsp3) is 0.176. The van der Waals surface area contributed by atoms with Gasteiger partial charge < -0.3 is 20.6 Å². The van der Waals surface area contributed by atoms with Crippen LogP contribution in [-0.4, -0.2) is 21.6 Å². The quantitative estimate of drug-likeness (QED) is 0.579. The molecular weight excluding hydrogens is 322 g/mol. The normalized spacial score (nSPS) is 10.6. The number of hydrogen-bond donors (Lipinski definition) is 1. The molecule has 8 nitrogen and oxygen atoms in total. The van der Waals surface area contributed by atoms with E-state index in [0.717, 1.165) is 16.8 Å². The van der Waals surface area contributed by atoms with Gasteiger partial charge in [0.2, 0.25) is 0 Å². The molecule has 0 aliphatic carbocycles. The largest absolute Gasteiger partial charge is 0.496 e. The van der Waals surface area contributed by atoms with Crippen LogP contribution in [0, 0.1) is 35.3 Å². The van der Waals surface area contributed by atoms with Crippen molar-refractivity contribution in [2.75, 3.05) is 12.8 Å². The highest BCUT2D eigenvalue weighted by molar-refractivity contribution is 5.94. The molecule has 0 amide bonds. The summed E-state index contributed by atoms with van der Waals surface area (Å²) in [6.45, 7) is 3.80. The molecule has 1 aromatic carbocycles. The van der Waals surface area contributed by atoms with E-state index in [1.54, 1.807) is 11.7 Å². The van der Waals surface area contributed by atoms with Crippen LogP contribution in [0.1, 0.15) is 16.7 Å². The summed E-state index contributed by atoms with van der Waals surface area (Å²) in [7, 11) is 1.57. The van der Waals surface area contributed by atoms with Crippen LogP contribution < -0.4 is 10.5 Å². The second-order valence-corrected chi connectivity index (χ2v) is 5.58. The van der Waals surface area contributed by atoms with Crippen molar-refractivity contribution in [3.05, 3.63) is 51.2 Å². The summed E-state index contributed by atoms with van der Waals surface area (Å²) in [5, 5.41) is 20.9. The summed E-state index contributed by atoms with van der Waals surface area (Å²) >= 11 is 0. The van der Waals surface area contributed by atoms with E-state index >= 15 is 0 Å². The number of nitrogens with zero attached hydrogens (tertiary/aromatic N) is 4. The molecule has 0 radical (unpaired) electrons. The van der Waals surface area contributed by atoms with E-state index < -0.39 is 4.92 Å². The predicted octanol–water partition coefficient (Wildman–Crippen LogP) is 3.01. The fourth-order valence-corrected chi connectivity index (χ4v) is 3.04. The van der Waals surface area contributed by atoms with Gasteiger partial charge in [-0.05, 0) is 35.4 Å². The molecule has 0 bridgehead atoms. The van der Waals surface area contributed by atoms with Gasteiger partial charge in [0.05, 0.1) is 12.8 Å². The molecule has 0 fully saturated rings. The smallest absolute Gasteiger partial charge is 0.364 e. The van der Waals surface area contributed by atoms with E-state index in [1.807, 2.05) is 32.0 Å². The van der Waals surface area contributed by atoms with Crippen LogP contribution in [-0.2, 0) is 0 Å². The Bertz CT molecular complexity index is 1060. The van der Waals surface area contributed by atoms with Gasteiger partial charge in [0.1, 0.15) is 28.7 Å². The molecule has 0 saturated heterocycles. The van der Waals surface area contributed by atoms with Gasteiger partial charge in [0.15, 0.2) is 6.20 Å². The number of nitrogen functional groups attached to an aromatic ring is 1. The number of hydrogen-bond acceptors (Lipinski definition) is 6. The SMILES string of the molecule is COc1ccc(C)c(-n2c(N)c(C#N)c3cc([N+](=O)[O-])ncc32)c1C. The minimum absolute atomic E-state index is 0.183. The number of rotatable bonds is 3. The molecule has 3 aromatic rings. The Morgan fingerprint density at radius 1 is 1.40 bits per heavy atom. The first-order valence-electron chi connectivity index (χ1n) is 7.39. The number of aromatic nitrogens is 2. The number of benzene rings is 1. The molecule has 2 heterocycles. The average molecular weight is 337 g/mol. The van der Waals surface area contributed by atoms with E-state index in [2.05, 4.69) is 4.98 Å². The summed E-state index contributed by atoms with van der Waals surface area (Å²) < 4.78 is 7.07. The highest BCUT2D eigenvalue weighted by Crippen LogP contribution is 2.36. The third kappa shape index (κ3) is 2.33. The van der Waals surface area contributed by atoms with E-state index in [9.17, 15) is 15.4 Å². The second kappa shape index (κ2) is 5.79. The molecule has 0 aliphatic heterocycles. The Morgan fingerprint density at radius 3 is 2.72 bits per heavy atom. The number of fused-ring (bicyclic) bond motifs is 1. The van der Waals surface area contributed by atoms with Crippen LogP contribution in [0.5, 0.6) is 5.75 Å². The van der Waals surface area contributed by atoms with Gasteiger partial charge in [0.25, 0.3) is 0 Å². The maximum Gasteiger partial charge on any atom is 0.364 e. The molecule has 25 heavy (non-hydrogen) atoms. The summed E-state index contributed by atoms with van der Waals surface area (Å²) in [5.74, 6) is 0.551. The Balaban J connectivity index is 2.45. The van der Waals surface area contributed by atoms with Crippen molar-refractivity contribution in [2.24, 2.45) is 0 Å². The third-order valence-electron chi connectivity index (χ3n) is 4.20. The zero-order valence-corrected chi connectivity index (χ0v) is 13.9. The van der Waals surface area contributed by atoms with Crippen molar-refractivity contribution >= 4 is 22.5 Å². The van der Waals surface area contributed by atoms with Gasteiger partial charge in [0, 0.05) is 17.0 Å². The zero-order valence-electron chi connectivity index (χ0n) is 13.9. The Labute approximate surface area is 143 Å². The Morgan fingerprint density at radius 2 is 2.12 bits per heavy atom. The lowest BCUT2D eigenvalue weighted by atomic mass is 10.1. The van der Waals surface area contributed by atoms with Gasteiger partial charge in [-0.2, -0.15) is 5.26 Å². The standard InChI is InChI=1S/C17H15N5O3/c1-9-4-5-14(25-3)10(2)16(9)21-13-8-20-15(22(23)24)6-11(13)12(7-18)17(21)19/h4-6,8H,19H2,1-3H3. The minimum atomic E-state index is -0.601. The van der Waals surface area contributed by atoms with Crippen LogP contribution in [0.15, 0.2) is 24.4 Å². The first-order valence-corrected chi connectivity index (χ1v) is 7.39. The number of pyridine rings is 1. The van der Waals surface area contributed by atoms with Crippen molar-refractivity contribution in [1.82, 2.24) is 9.55 Å². The number of nitriles is 1. The monoisotopic (exact) mass is 337 g/mol. The lowest BCUT2D eigenvalue weighted by Gasteiger charge is -2.16. The number of nitro groups is 1. The van der Waals surface area contributed by atoms with Crippen LogP contribution in [0.3, 0.4) is 0 Å². The molecule has 2 N–H and O–H groups in total. The molecule has 0 spiro atoms. The van der Waals surface area contributed by atoms with Crippen LogP contribution >= 0.6 is 0 Å². The van der Waals surface area contributed by atoms with E-state index in [1.165, 1.54) is 12.3 Å². The molecule has 0 atom stereocenters. The highest BCUT2D eigenvalue weighted by atomic mass is 16.6. The van der Waals surface area contributed by atoms with Crippen LogP contribution in [0.4, 0.5) is 11.6 Å². The van der Waals surface area contributed by atoms with Crippen LogP contribution in [0.2, 0.25) is 0 Å². The lowest BCUT2D eigenvalue weighted by molar-refractivity contribution is -0.389. The minimum Gasteiger partial charge on any atom is -0.496 e. The first kappa shape index (κ1) is 16.3. The molecule has 0 saturated carbocycles. The first-order chi connectivity index (χ1) is 11.9. The highest BCUT2D eigenvalue weighted by Gasteiger charge is 2.23. The molecule has 126 valence electrons. The number of nitrogens with two attached hydrogens (primary N) is 1. The van der Waals surface area contributed by atoms with Crippen molar-refractivity contribution in [3.8, 4) is 17.5 Å². The molecular formula is C17H15N5O3. The van der Waals surface area contributed by atoms with Crippen molar-refractivity contribution in [1.29, 1.82) is 5.26 Å². The molecule has 3 rings (SSSR count). The average Bonchev–Trinajstić information content (AvgIpc) is 2.86. The van der Waals surface area contributed by atoms with E-state index in [-0.39, 0.29) is 17.2 Å². The van der Waals surface area contributed by atoms with Crippen LogP contribution in [0.25, 0.3) is 16.6 Å². The summed E-state index contributed by atoms with van der Waals surface area (Å²) in [4.78, 5) is 14.3. The lowest BCUT2D eigenvalue weighted by Crippen LogP contribution is -2.06. The van der Waals surface area contributed by atoms with Crippen molar-refractivity contribution in [3.63, 3.8) is 0 Å². The van der Waals surface area contributed by atoms with Gasteiger partial charge in [-0.1, -0.05) is 6.07 Å². The van der Waals surface area contributed by atoms with Gasteiger partial charge in [-0.3, -0.25) is 4.57 Å². The second-order valence-electron chi connectivity index (χ2n) is 5.58. The molecule has 0 unspecified atom stereocenters. The maximum absolute atomic E-state index is 11.0. The predicted molar refractivity (Wildman–Crippen MR) is 92.9 cm³/mol. The number of ether oxygens (including phenoxy) is 1.